The van der Waals surface area contributed by atoms with Gasteiger partial charge in [-0.2, -0.15) is 5.10 Å². The van der Waals surface area contributed by atoms with Gasteiger partial charge in [0.05, 0.1) is 15.9 Å². The summed E-state index contributed by atoms with van der Waals surface area (Å²) >= 11 is 6.78. The highest BCUT2D eigenvalue weighted by atomic mass is 79.9. The van der Waals surface area contributed by atoms with Crippen LogP contribution in [0.15, 0.2) is 27.1 Å². The van der Waals surface area contributed by atoms with Crippen LogP contribution in [-0.4, -0.2) is 9.78 Å². The van der Waals surface area contributed by atoms with E-state index in [1.54, 1.807) is 12.1 Å². The molecule has 0 spiro atoms. The van der Waals surface area contributed by atoms with Crippen molar-refractivity contribution in [2.24, 2.45) is 0 Å². The van der Waals surface area contributed by atoms with Gasteiger partial charge in [0.2, 0.25) is 0 Å². The molecule has 0 fully saturated rings. The maximum Gasteiger partial charge on any atom is 0.165 e. The van der Waals surface area contributed by atoms with E-state index in [2.05, 4.69) is 37.0 Å². The maximum absolute atomic E-state index is 13.6. The third kappa shape index (κ3) is 3.17. The lowest BCUT2D eigenvalue weighted by molar-refractivity contribution is 0.277. The first kappa shape index (κ1) is 14.5. The topological polar surface area (TPSA) is 27.1 Å². The predicted octanol–water partition coefficient (Wildman–Crippen LogP) is 4.45. The van der Waals surface area contributed by atoms with E-state index in [-0.39, 0.29) is 18.2 Å². The minimum atomic E-state index is -0.376. The van der Waals surface area contributed by atoms with Gasteiger partial charge in [0, 0.05) is 11.0 Å². The van der Waals surface area contributed by atoms with Crippen LogP contribution >= 0.6 is 31.9 Å². The number of halogens is 3. The molecule has 0 saturated carbocycles. The van der Waals surface area contributed by atoms with E-state index in [1.807, 2.05) is 18.5 Å². The minimum absolute atomic E-state index is 0.225. The first-order valence-corrected chi connectivity index (χ1v) is 7.41. The van der Waals surface area contributed by atoms with Crippen molar-refractivity contribution in [3.05, 3.63) is 44.3 Å². The van der Waals surface area contributed by atoms with Gasteiger partial charge >= 0.3 is 0 Å². The van der Waals surface area contributed by atoms with Crippen LogP contribution in [0.3, 0.4) is 0 Å². The molecule has 2 aromatic rings. The molecule has 0 saturated heterocycles. The lowest BCUT2D eigenvalue weighted by atomic mass is 10.3. The molecule has 0 N–H and O–H groups in total. The van der Waals surface area contributed by atoms with Crippen LogP contribution in [0, 0.1) is 12.7 Å². The Morgan fingerprint density at radius 1 is 1.37 bits per heavy atom. The average molecular weight is 392 g/mol. The van der Waals surface area contributed by atoms with Gasteiger partial charge < -0.3 is 4.74 Å². The Bertz CT molecular complexity index is 599. The van der Waals surface area contributed by atoms with E-state index in [9.17, 15) is 4.39 Å². The first-order valence-electron chi connectivity index (χ1n) is 5.82. The van der Waals surface area contributed by atoms with Crippen molar-refractivity contribution in [2.75, 3.05) is 0 Å². The molecule has 1 aromatic heterocycles. The lowest BCUT2D eigenvalue weighted by Crippen LogP contribution is -2.07. The molecular formula is C13H13Br2FN2O. The molecule has 0 aliphatic rings. The Labute approximate surface area is 128 Å². The van der Waals surface area contributed by atoms with Crippen molar-refractivity contribution < 1.29 is 9.13 Å². The van der Waals surface area contributed by atoms with Crippen molar-refractivity contribution in [3.8, 4) is 5.75 Å². The summed E-state index contributed by atoms with van der Waals surface area (Å²) in [6, 6.07) is 4.62. The zero-order valence-electron chi connectivity index (χ0n) is 10.6. The van der Waals surface area contributed by atoms with Crippen LogP contribution in [0.4, 0.5) is 4.39 Å². The molecule has 1 aromatic carbocycles. The SMILES string of the molecule is CCn1nc(C)c(Br)c1COc1cc(Br)ccc1F. The summed E-state index contributed by atoms with van der Waals surface area (Å²) in [5.41, 5.74) is 1.80. The Kier molecular flexibility index (Phi) is 4.62. The number of aromatic nitrogens is 2. The molecule has 0 unspecified atom stereocenters. The van der Waals surface area contributed by atoms with Gasteiger partial charge in [0.25, 0.3) is 0 Å². The smallest absolute Gasteiger partial charge is 0.165 e. The van der Waals surface area contributed by atoms with Crippen LogP contribution in [0.5, 0.6) is 5.75 Å². The van der Waals surface area contributed by atoms with Crippen LogP contribution in [-0.2, 0) is 13.2 Å². The van der Waals surface area contributed by atoms with Crippen molar-refractivity contribution in [3.63, 3.8) is 0 Å². The van der Waals surface area contributed by atoms with Gasteiger partial charge in [-0.1, -0.05) is 15.9 Å². The second-order valence-electron chi connectivity index (χ2n) is 4.03. The van der Waals surface area contributed by atoms with Crippen molar-refractivity contribution in [1.29, 1.82) is 0 Å². The molecule has 1 heterocycles. The zero-order valence-corrected chi connectivity index (χ0v) is 13.8. The van der Waals surface area contributed by atoms with Gasteiger partial charge in [-0.05, 0) is 48.0 Å². The summed E-state index contributed by atoms with van der Waals surface area (Å²) in [4.78, 5) is 0. The normalized spacial score (nSPS) is 10.8. The third-order valence-electron chi connectivity index (χ3n) is 2.71. The summed E-state index contributed by atoms with van der Waals surface area (Å²) in [7, 11) is 0. The molecular weight excluding hydrogens is 379 g/mol. The third-order valence-corrected chi connectivity index (χ3v) is 4.24. The maximum atomic E-state index is 13.6. The van der Waals surface area contributed by atoms with Crippen LogP contribution in [0.25, 0.3) is 0 Å². The highest BCUT2D eigenvalue weighted by Gasteiger charge is 2.13. The fourth-order valence-corrected chi connectivity index (χ4v) is 2.48. The summed E-state index contributed by atoms with van der Waals surface area (Å²) in [5.74, 6) is -0.151. The van der Waals surface area contributed by atoms with Crippen LogP contribution < -0.4 is 4.74 Å². The summed E-state index contributed by atoms with van der Waals surface area (Å²) in [6.45, 7) is 4.93. The van der Waals surface area contributed by atoms with E-state index in [0.29, 0.717) is 0 Å². The fraction of sp³-hybridized carbons (Fsp3) is 0.308. The van der Waals surface area contributed by atoms with Gasteiger partial charge in [-0.25, -0.2) is 4.39 Å². The molecule has 19 heavy (non-hydrogen) atoms. The molecule has 6 heteroatoms. The zero-order chi connectivity index (χ0) is 14.0. The molecule has 2 rings (SSSR count). The van der Waals surface area contributed by atoms with E-state index in [4.69, 9.17) is 4.74 Å². The monoisotopic (exact) mass is 390 g/mol. The van der Waals surface area contributed by atoms with Gasteiger partial charge in [0.1, 0.15) is 6.61 Å². The number of hydrogen-bond donors (Lipinski definition) is 0. The average Bonchev–Trinajstić information content (AvgIpc) is 2.66. The summed E-state index contributed by atoms with van der Waals surface area (Å²) in [5, 5.41) is 4.37. The van der Waals surface area contributed by atoms with Crippen molar-refractivity contribution >= 4 is 31.9 Å². The quantitative estimate of drug-likeness (QED) is 0.769. The van der Waals surface area contributed by atoms with Crippen molar-refractivity contribution in [1.82, 2.24) is 9.78 Å². The van der Waals surface area contributed by atoms with Crippen molar-refractivity contribution in [2.45, 2.75) is 27.0 Å². The Morgan fingerprint density at radius 3 is 2.79 bits per heavy atom. The Hall–Kier alpha value is -0.880. The van der Waals surface area contributed by atoms with E-state index in [1.165, 1.54) is 6.07 Å². The summed E-state index contributed by atoms with van der Waals surface area (Å²) in [6.07, 6.45) is 0. The number of rotatable bonds is 4. The van der Waals surface area contributed by atoms with E-state index < -0.39 is 0 Å². The molecule has 3 nitrogen and oxygen atoms in total. The molecule has 0 radical (unpaired) electrons. The van der Waals surface area contributed by atoms with E-state index >= 15 is 0 Å². The lowest BCUT2D eigenvalue weighted by Gasteiger charge is -2.09. The molecule has 0 atom stereocenters. The summed E-state index contributed by atoms with van der Waals surface area (Å²) < 4.78 is 22.7. The van der Waals surface area contributed by atoms with Gasteiger partial charge in [-0.3, -0.25) is 4.68 Å². The van der Waals surface area contributed by atoms with Crippen LogP contribution in [0.2, 0.25) is 0 Å². The second kappa shape index (κ2) is 6.05. The van der Waals surface area contributed by atoms with Crippen LogP contribution in [0.1, 0.15) is 18.3 Å². The fourth-order valence-electron chi connectivity index (χ4n) is 1.74. The minimum Gasteiger partial charge on any atom is -0.484 e. The highest BCUT2D eigenvalue weighted by Crippen LogP contribution is 2.26. The van der Waals surface area contributed by atoms with E-state index in [0.717, 1.165) is 26.9 Å². The van der Waals surface area contributed by atoms with Gasteiger partial charge in [0.15, 0.2) is 11.6 Å². The molecule has 0 aliphatic heterocycles. The number of benzene rings is 1. The molecule has 0 bridgehead atoms. The Balaban J connectivity index is 2.21. The highest BCUT2D eigenvalue weighted by molar-refractivity contribution is 9.10. The number of hydrogen-bond acceptors (Lipinski definition) is 2. The largest absolute Gasteiger partial charge is 0.484 e. The number of aryl methyl sites for hydroxylation is 2. The number of ether oxygens (including phenoxy) is 1. The molecule has 0 amide bonds. The number of nitrogens with zero attached hydrogens (tertiary/aromatic N) is 2. The Morgan fingerprint density at radius 2 is 2.11 bits per heavy atom. The van der Waals surface area contributed by atoms with Gasteiger partial charge in [-0.15, -0.1) is 0 Å². The second-order valence-corrected chi connectivity index (χ2v) is 5.73. The first-order chi connectivity index (χ1) is 9.02. The molecule has 102 valence electrons. The molecule has 0 aliphatic carbocycles. The predicted molar refractivity (Wildman–Crippen MR) is 78.8 cm³/mol. The standard InChI is InChI=1S/C13H13Br2FN2O/c1-3-18-11(13(15)8(2)17-18)7-19-12-6-9(14)4-5-10(12)16/h4-6H,3,7H2,1-2H3.